The van der Waals surface area contributed by atoms with E-state index < -0.39 is 64.6 Å². The van der Waals surface area contributed by atoms with Gasteiger partial charge in [-0.05, 0) is 38.2 Å². The van der Waals surface area contributed by atoms with Crippen molar-refractivity contribution in [1.29, 1.82) is 0 Å². The molecule has 258 valence electrons. The SMILES string of the molecule is CO[C@H]1/C=C/O[C@@]2(C)Oc3c(C)c(O)c4c(c3C2=O)C(=O)C=C(NC(=O)/C(C)=C\C=C\[C@H](C)[C@H](O)[C@@H](C)C[C@@H](C)[C@H](OC(C)=O)C1)C4=O. The number of methoxy groups -OCH3 is 1. The first-order valence-electron chi connectivity index (χ1n) is 15.8. The molecular formula is C36H43NO11. The van der Waals surface area contributed by atoms with Gasteiger partial charge < -0.3 is 34.5 Å². The van der Waals surface area contributed by atoms with Crippen LogP contribution in [0.1, 0.15) is 91.0 Å². The lowest BCUT2D eigenvalue weighted by Gasteiger charge is -2.30. The summed E-state index contributed by atoms with van der Waals surface area (Å²) >= 11 is 0. The lowest BCUT2D eigenvalue weighted by atomic mass is 9.83. The Hall–Kier alpha value is -4.55. The van der Waals surface area contributed by atoms with Crippen molar-refractivity contribution in [2.75, 3.05) is 7.11 Å². The van der Waals surface area contributed by atoms with Gasteiger partial charge in [0.1, 0.15) is 17.6 Å². The van der Waals surface area contributed by atoms with Gasteiger partial charge in [-0.1, -0.05) is 39.0 Å². The Labute approximate surface area is 279 Å². The molecule has 3 N–H and O–H groups in total. The third kappa shape index (κ3) is 7.14. The van der Waals surface area contributed by atoms with E-state index in [0.717, 1.165) is 6.08 Å². The number of aliphatic hydroxyl groups excluding tert-OH is 1. The standard InChI is InChI=1S/C36H43NO11/c1-17-10-9-11-18(2)35(44)37-24-16-25(39)27-28(32(24)42)31(41)21(5)33-29(27)34(43)36(7,48-33)46-13-12-23(45-8)15-26(47-22(6)38)19(3)14-20(4)30(17)40/h9-13,16-17,19-20,23,26,30,40-41H,14-15H2,1-8H3,(H,37,44)/b10-9+,13-12+,18-11-/t17-,19+,20-,23-,26+,30-,36-/m0/s1. The van der Waals surface area contributed by atoms with Crippen LogP contribution in [0.15, 0.2) is 47.9 Å². The largest absolute Gasteiger partial charge is 0.507 e. The number of Topliss-reactive ketones (excluding diaryl/α,β-unsaturated/α-hetero) is 2. The van der Waals surface area contributed by atoms with Crippen LogP contribution >= 0.6 is 0 Å². The highest BCUT2D eigenvalue weighted by Crippen LogP contribution is 2.47. The number of hydrogen-bond donors (Lipinski definition) is 3. The van der Waals surface area contributed by atoms with Gasteiger partial charge in [-0.15, -0.1) is 0 Å². The number of nitrogens with one attached hydrogen (secondary N) is 1. The van der Waals surface area contributed by atoms with E-state index in [1.165, 1.54) is 53.2 Å². The second-order valence-corrected chi connectivity index (χ2v) is 12.9. The van der Waals surface area contributed by atoms with Crippen LogP contribution in [-0.2, 0) is 23.8 Å². The van der Waals surface area contributed by atoms with E-state index in [-0.39, 0.29) is 57.9 Å². The predicted molar refractivity (Wildman–Crippen MR) is 173 cm³/mol. The van der Waals surface area contributed by atoms with Crippen LogP contribution in [0.25, 0.3) is 0 Å². The molecule has 12 nitrogen and oxygen atoms in total. The number of amides is 1. The van der Waals surface area contributed by atoms with E-state index in [1.807, 2.05) is 20.8 Å². The molecule has 0 unspecified atom stereocenters. The second-order valence-electron chi connectivity index (χ2n) is 12.9. The normalized spacial score (nSPS) is 32.3. The number of aromatic hydroxyl groups is 1. The molecule has 48 heavy (non-hydrogen) atoms. The van der Waals surface area contributed by atoms with Crippen molar-refractivity contribution >= 4 is 29.2 Å². The number of carbonyl (C=O) groups is 5. The molecule has 0 saturated heterocycles. The van der Waals surface area contributed by atoms with Gasteiger partial charge in [-0.25, -0.2) is 0 Å². The molecule has 1 aromatic carbocycles. The Morgan fingerprint density at radius 1 is 1.02 bits per heavy atom. The number of hydrogen-bond acceptors (Lipinski definition) is 11. The summed E-state index contributed by atoms with van der Waals surface area (Å²) in [7, 11) is 1.47. The summed E-state index contributed by atoms with van der Waals surface area (Å²) in [5.41, 5.74) is -1.12. The van der Waals surface area contributed by atoms with Crippen LogP contribution in [-0.4, -0.2) is 70.6 Å². The smallest absolute Gasteiger partial charge is 0.312 e. The van der Waals surface area contributed by atoms with E-state index in [4.69, 9.17) is 18.9 Å². The summed E-state index contributed by atoms with van der Waals surface area (Å²) < 4.78 is 23.0. The first-order valence-corrected chi connectivity index (χ1v) is 15.8. The van der Waals surface area contributed by atoms with Gasteiger partial charge in [-0.3, -0.25) is 24.0 Å². The zero-order chi connectivity index (χ0) is 35.7. The van der Waals surface area contributed by atoms with E-state index in [2.05, 4.69) is 5.32 Å². The van der Waals surface area contributed by atoms with Crippen LogP contribution in [0.5, 0.6) is 11.5 Å². The number of ether oxygens (including phenoxy) is 4. The highest BCUT2D eigenvalue weighted by Gasteiger charge is 2.51. The number of benzene rings is 1. The number of allylic oxidation sites excluding steroid dienone is 4. The summed E-state index contributed by atoms with van der Waals surface area (Å²) in [6, 6.07) is 0. The molecule has 0 saturated carbocycles. The number of phenolic OH excluding ortho intramolecular Hbond substituents is 1. The van der Waals surface area contributed by atoms with Crippen molar-refractivity contribution in [3.8, 4) is 11.5 Å². The molecule has 5 bridgehead atoms. The summed E-state index contributed by atoms with van der Waals surface area (Å²) in [6.45, 7) is 11.3. The average Bonchev–Trinajstić information content (AvgIpc) is 3.28. The van der Waals surface area contributed by atoms with Gasteiger partial charge in [0.25, 0.3) is 11.7 Å². The topological polar surface area (TPSA) is 175 Å². The Morgan fingerprint density at radius 2 is 1.71 bits per heavy atom. The molecule has 0 radical (unpaired) electrons. The number of esters is 1. The maximum atomic E-state index is 13.8. The van der Waals surface area contributed by atoms with Gasteiger partial charge in [0.2, 0.25) is 5.78 Å². The summed E-state index contributed by atoms with van der Waals surface area (Å²) in [4.78, 5) is 65.9. The average molecular weight is 666 g/mol. The number of rotatable bonds is 2. The van der Waals surface area contributed by atoms with E-state index in [9.17, 15) is 34.2 Å². The van der Waals surface area contributed by atoms with E-state index >= 15 is 0 Å². The molecule has 3 aliphatic heterocycles. The minimum absolute atomic E-state index is 0.0346. The van der Waals surface area contributed by atoms with Gasteiger partial charge in [0.15, 0.2) is 5.78 Å². The first-order chi connectivity index (χ1) is 22.5. The predicted octanol–water partition coefficient (Wildman–Crippen LogP) is 4.41. The summed E-state index contributed by atoms with van der Waals surface area (Å²) in [6.07, 6.45) is 7.30. The highest BCUT2D eigenvalue weighted by molar-refractivity contribution is 6.30. The Bertz CT molecular complexity index is 1650. The highest BCUT2D eigenvalue weighted by atomic mass is 16.7. The molecule has 0 spiro atoms. The number of ketones is 3. The molecule has 5 rings (SSSR count). The van der Waals surface area contributed by atoms with E-state index in [1.54, 1.807) is 12.2 Å². The van der Waals surface area contributed by atoms with Crippen molar-refractivity contribution in [3.05, 3.63) is 70.2 Å². The molecule has 7 atom stereocenters. The Balaban J connectivity index is 1.78. The van der Waals surface area contributed by atoms with Crippen LogP contribution in [0, 0.1) is 24.7 Å². The third-order valence-electron chi connectivity index (χ3n) is 9.13. The molecule has 0 fully saturated rings. The van der Waals surface area contributed by atoms with Crippen molar-refractivity contribution < 1.29 is 53.1 Å². The van der Waals surface area contributed by atoms with Gasteiger partial charge in [0.05, 0.1) is 40.9 Å². The van der Waals surface area contributed by atoms with Crippen molar-refractivity contribution in [3.63, 3.8) is 0 Å². The molecule has 0 aromatic heterocycles. The summed E-state index contributed by atoms with van der Waals surface area (Å²) in [5.74, 6) is -6.88. The molecule has 4 aliphatic rings. The summed E-state index contributed by atoms with van der Waals surface area (Å²) in [5, 5.41) is 24.6. The van der Waals surface area contributed by atoms with Crippen molar-refractivity contribution in [2.24, 2.45) is 17.8 Å². The molecule has 1 aliphatic carbocycles. The van der Waals surface area contributed by atoms with Crippen LogP contribution in [0.2, 0.25) is 0 Å². The Kier molecular flexibility index (Phi) is 10.8. The fourth-order valence-corrected chi connectivity index (χ4v) is 6.22. The zero-order valence-electron chi connectivity index (χ0n) is 28.4. The first kappa shape index (κ1) is 36.3. The van der Waals surface area contributed by atoms with Gasteiger partial charge in [0, 0.05) is 50.5 Å². The fourth-order valence-electron chi connectivity index (χ4n) is 6.22. The molecule has 3 heterocycles. The fraction of sp³-hybridized carbons (Fsp3) is 0.472. The zero-order valence-corrected chi connectivity index (χ0v) is 28.4. The number of carbonyl (C=O) groups excluding carboxylic acids is 5. The van der Waals surface area contributed by atoms with Crippen molar-refractivity contribution in [1.82, 2.24) is 5.32 Å². The second kappa shape index (κ2) is 14.3. The Morgan fingerprint density at radius 3 is 2.35 bits per heavy atom. The number of phenols is 1. The minimum atomic E-state index is -1.97. The van der Waals surface area contributed by atoms with Crippen LogP contribution in [0.4, 0.5) is 0 Å². The monoisotopic (exact) mass is 665 g/mol. The van der Waals surface area contributed by atoms with E-state index in [0.29, 0.717) is 6.42 Å². The molecule has 12 heteroatoms. The van der Waals surface area contributed by atoms with Gasteiger partial charge in [-0.2, -0.15) is 0 Å². The lowest BCUT2D eigenvalue weighted by Crippen LogP contribution is -2.39. The number of fused-ring (bicyclic) bond motifs is 14. The van der Waals surface area contributed by atoms with Crippen LogP contribution < -0.4 is 10.1 Å². The third-order valence-corrected chi connectivity index (χ3v) is 9.13. The van der Waals surface area contributed by atoms with Crippen molar-refractivity contribution in [2.45, 2.75) is 85.4 Å². The molecule has 1 amide bonds. The lowest BCUT2D eigenvalue weighted by molar-refractivity contribution is -0.151. The minimum Gasteiger partial charge on any atom is -0.507 e. The van der Waals surface area contributed by atoms with Gasteiger partial charge >= 0.3 is 11.8 Å². The number of aliphatic hydroxyl groups is 1. The molecular weight excluding hydrogens is 622 g/mol. The molecule has 1 aromatic rings. The maximum absolute atomic E-state index is 13.8. The quantitative estimate of drug-likeness (QED) is 0.382. The maximum Gasteiger partial charge on any atom is 0.312 e. The van der Waals surface area contributed by atoms with Crippen LogP contribution in [0.3, 0.4) is 0 Å².